The second kappa shape index (κ2) is 3.70. The lowest BCUT2D eigenvalue weighted by Crippen LogP contribution is -2.25. The van der Waals surface area contributed by atoms with Gasteiger partial charge in [-0.25, -0.2) is 0 Å². The lowest BCUT2D eigenvalue weighted by atomic mass is 9.92. The Hall–Kier alpha value is -1.51. The van der Waals surface area contributed by atoms with Gasteiger partial charge in [-0.05, 0) is 24.0 Å². The summed E-state index contributed by atoms with van der Waals surface area (Å²) in [4.78, 5) is 10.6. The summed E-state index contributed by atoms with van der Waals surface area (Å²) in [7, 11) is 0. The number of aliphatic carboxylic acids is 1. The van der Waals surface area contributed by atoms with Crippen LogP contribution in [0.3, 0.4) is 0 Å². The third-order valence-electron chi connectivity index (χ3n) is 2.57. The van der Waals surface area contributed by atoms with E-state index in [1.165, 1.54) is 5.56 Å². The van der Waals surface area contributed by atoms with Gasteiger partial charge in [0, 0.05) is 12.2 Å². The van der Waals surface area contributed by atoms with Crippen LogP contribution >= 0.6 is 0 Å². The van der Waals surface area contributed by atoms with E-state index < -0.39 is 5.97 Å². The number of hydrogen-bond acceptors (Lipinski definition) is 2. The summed E-state index contributed by atoms with van der Waals surface area (Å²) in [5, 5.41) is 11.9. The van der Waals surface area contributed by atoms with Crippen molar-refractivity contribution in [2.45, 2.75) is 12.8 Å². The first-order valence-electron chi connectivity index (χ1n) is 4.79. The zero-order chi connectivity index (χ0) is 9.97. The normalized spacial score (nSPS) is 19.6. The van der Waals surface area contributed by atoms with Gasteiger partial charge in [0.1, 0.15) is 0 Å². The third-order valence-corrected chi connectivity index (χ3v) is 2.57. The minimum absolute atomic E-state index is 0.224. The van der Waals surface area contributed by atoms with Crippen molar-refractivity contribution in [2.24, 2.45) is 5.92 Å². The summed E-state index contributed by atoms with van der Waals surface area (Å²) in [6, 6.07) is 8.07. The lowest BCUT2D eigenvalue weighted by molar-refractivity contribution is -0.138. The first-order chi connectivity index (χ1) is 6.75. The number of nitrogens with one attached hydrogen (secondary N) is 1. The molecule has 2 N–H and O–H groups in total. The molecule has 0 amide bonds. The van der Waals surface area contributed by atoms with Gasteiger partial charge in [-0.1, -0.05) is 18.2 Å². The molecule has 0 bridgehead atoms. The fourth-order valence-corrected chi connectivity index (χ4v) is 1.90. The standard InChI is InChI=1S/C11H13NO2/c13-11(14)6-8-5-9-3-1-2-4-10(9)12-7-8/h1-4,8,12H,5-7H2,(H,13,14). The Morgan fingerprint density at radius 3 is 3.07 bits per heavy atom. The van der Waals surface area contributed by atoms with Crippen molar-refractivity contribution >= 4 is 11.7 Å². The molecule has 1 unspecified atom stereocenters. The molecule has 1 aliphatic heterocycles. The summed E-state index contributed by atoms with van der Waals surface area (Å²) in [5.41, 5.74) is 2.37. The van der Waals surface area contributed by atoms with Crippen molar-refractivity contribution in [3.05, 3.63) is 29.8 Å². The molecule has 74 valence electrons. The van der Waals surface area contributed by atoms with Gasteiger partial charge in [0.25, 0.3) is 0 Å². The number of anilines is 1. The summed E-state index contributed by atoms with van der Waals surface area (Å²) in [6.45, 7) is 0.767. The van der Waals surface area contributed by atoms with E-state index >= 15 is 0 Å². The second-order valence-corrected chi connectivity index (χ2v) is 3.71. The molecule has 0 fully saturated rings. The van der Waals surface area contributed by atoms with Gasteiger partial charge in [-0.3, -0.25) is 4.79 Å². The lowest BCUT2D eigenvalue weighted by Gasteiger charge is -2.24. The van der Waals surface area contributed by atoms with Crippen LogP contribution in [0, 0.1) is 5.92 Å². The second-order valence-electron chi connectivity index (χ2n) is 3.71. The zero-order valence-electron chi connectivity index (χ0n) is 7.86. The van der Waals surface area contributed by atoms with E-state index in [1.807, 2.05) is 18.2 Å². The largest absolute Gasteiger partial charge is 0.481 e. The number of carboxylic acids is 1. The number of carboxylic acid groups (broad SMARTS) is 1. The van der Waals surface area contributed by atoms with Crippen molar-refractivity contribution in [2.75, 3.05) is 11.9 Å². The Labute approximate surface area is 82.8 Å². The van der Waals surface area contributed by atoms with Crippen molar-refractivity contribution in [1.82, 2.24) is 0 Å². The fourth-order valence-electron chi connectivity index (χ4n) is 1.90. The average molecular weight is 191 g/mol. The topological polar surface area (TPSA) is 49.3 Å². The van der Waals surface area contributed by atoms with Crippen molar-refractivity contribution in [3.63, 3.8) is 0 Å². The van der Waals surface area contributed by atoms with Crippen LogP contribution in [0.15, 0.2) is 24.3 Å². The van der Waals surface area contributed by atoms with Gasteiger partial charge in [-0.15, -0.1) is 0 Å². The quantitative estimate of drug-likeness (QED) is 0.748. The van der Waals surface area contributed by atoms with E-state index in [2.05, 4.69) is 11.4 Å². The molecule has 0 aliphatic carbocycles. The summed E-state index contributed by atoms with van der Waals surface area (Å²) in [6.07, 6.45) is 1.12. The Morgan fingerprint density at radius 2 is 2.29 bits per heavy atom. The monoisotopic (exact) mass is 191 g/mol. The van der Waals surface area contributed by atoms with E-state index in [4.69, 9.17) is 5.11 Å². The van der Waals surface area contributed by atoms with Crippen LogP contribution in [-0.4, -0.2) is 17.6 Å². The van der Waals surface area contributed by atoms with Crippen LogP contribution in [-0.2, 0) is 11.2 Å². The molecule has 3 nitrogen and oxygen atoms in total. The third kappa shape index (κ3) is 1.87. The van der Waals surface area contributed by atoms with Crippen molar-refractivity contribution in [1.29, 1.82) is 0 Å². The highest BCUT2D eigenvalue weighted by Crippen LogP contribution is 2.25. The Bertz CT molecular complexity index is 349. The van der Waals surface area contributed by atoms with E-state index in [-0.39, 0.29) is 12.3 Å². The van der Waals surface area contributed by atoms with Crippen molar-refractivity contribution in [3.8, 4) is 0 Å². The SMILES string of the molecule is O=C(O)CC1CNc2ccccc2C1. The predicted molar refractivity (Wildman–Crippen MR) is 54.4 cm³/mol. The number of carbonyl (C=O) groups is 1. The Morgan fingerprint density at radius 1 is 1.50 bits per heavy atom. The van der Waals surface area contributed by atoms with E-state index in [1.54, 1.807) is 0 Å². The van der Waals surface area contributed by atoms with E-state index in [0.29, 0.717) is 0 Å². The van der Waals surface area contributed by atoms with Gasteiger partial charge in [0.2, 0.25) is 0 Å². The van der Waals surface area contributed by atoms with E-state index in [9.17, 15) is 4.79 Å². The van der Waals surface area contributed by atoms with Crippen LogP contribution < -0.4 is 5.32 Å². The zero-order valence-corrected chi connectivity index (χ0v) is 7.86. The molecule has 2 rings (SSSR count). The first kappa shape index (κ1) is 9.06. The summed E-state index contributed by atoms with van der Waals surface area (Å²) in [5.74, 6) is -0.487. The highest BCUT2D eigenvalue weighted by molar-refractivity contribution is 5.67. The average Bonchev–Trinajstić information content (AvgIpc) is 2.17. The van der Waals surface area contributed by atoms with Gasteiger partial charge in [0.05, 0.1) is 6.42 Å². The van der Waals surface area contributed by atoms with Crippen LogP contribution in [0.4, 0.5) is 5.69 Å². The number of para-hydroxylation sites is 1. The molecule has 1 aliphatic rings. The number of rotatable bonds is 2. The van der Waals surface area contributed by atoms with Gasteiger partial charge in [0.15, 0.2) is 0 Å². The summed E-state index contributed by atoms with van der Waals surface area (Å²) < 4.78 is 0. The van der Waals surface area contributed by atoms with Crippen LogP contribution in [0.1, 0.15) is 12.0 Å². The number of fused-ring (bicyclic) bond motifs is 1. The van der Waals surface area contributed by atoms with E-state index in [0.717, 1.165) is 18.7 Å². The number of hydrogen-bond donors (Lipinski definition) is 2. The van der Waals surface area contributed by atoms with Crippen LogP contribution in [0.2, 0.25) is 0 Å². The Kier molecular flexibility index (Phi) is 2.39. The molecule has 0 aromatic heterocycles. The van der Waals surface area contributed by atoms with Crippen LogP contribution in [0.5, 0.6) is 0 Å². The molecule has 14 heavy (non-hydrogen) atoms. The molecule has 1 aromatic rings. The summed E-state index contributed by atoms with van der Waals surface area (Å²) >= 11 is 0. The molecular formula is C11H13NO2. The van der Waals surface area contributed by atoms with Gasteiger partial charge >= 0.3 is 5.97 Å². The van der Waals surface area contributed by atoms with Gasteiger partial charge in [-0.2, -0.15) is 0 Å². The molecule has 3 heteroatoms. The molecule has 0 saturated heterocycles. The molecular weight excluding hydrogens is 178 g/mol. The molecule has 1 aromatic carbocycles. The molecule has 1 atom stereocenters. The molecule has 0 radical (unpaired) electrons. The maximum Gasteiger partial charge on any atom is 0.303 e. The molecule has 0 spiro atoms. The van der Waals surface area contributed by atoms with Gasteiger partial charge < -0.3 is 10.4 Å². The predicted octanol–water partition coefficient (Wildman–Crippen LogP) is 1.75. The van der Waals surface area contributed by atoms with Crippen molar-refractivity contribution < 1.29 is 9.90 Å². The highest BCUT2D eigenvalue weighted by Gasteiger charge is 2.19. The first-order valence-corrected chi connectivity index (χ1v) is 4.79. The number of benzene rings is 1. The smallest absolute Gasteiger partial charge is 0.303 e. The molecule has 0 saturated carbocycles. The van der Waals surface area contributed by atoms with Crippen LogP contribution in [0.25, 0.3) is 0 Å². The highest BCUT2D eigenvalue weighted by atomic mass is 16.4. The minimum Gasteiger partial charge on any atom is -0.481 e. The Balaban J connectivity index is 2.09. The fraction of sp³-hybridized carbons (Fsp3) is 0.364. The maximum absolute atomic E-state index is 10.6. The molecule has 1 heterocycles. The maximum atomic E-state index is 10.6. The minimum atomic E-state index is -0.712.